The van der Waals surface area contributed by atoms with Crippen molar-refractivity contribution in [3.63, 3.8) is 0 Å². The molecule has 0 radical (unpaired) electrons. The third kappa shape index (κ3) is 4.59. The van der Waals surface area contributed by atoms with Gasteiger partial charge in [0.2, 0.25) is 0 Å². The number of hydrogen-bond donors (Lipinski definition) is 1. The molecule has 2 saturated heterocycles. The Hall–Kier alpha value is -2.77. The van der Waals surface area contributed by atoms with Crippen LogP contribution < -0.4 is 10.5 Å². The fourth-order valence-electron chi connectivity index (χ4n) is 4.20. The van der Waals surface area contributed by atoms with Gasteiger partial charge in [-0.05, 0) is 27.2 Å². The van der Waals surface area contributed by atoms with Crippen molar-refractivity contribution in [1.82, 2.24) is 15.0 Å². The molecule has 1 aromatic rings. The number of carbonyl (C=O) groups excluding carboxylic acids is 2. The number of thioether (sulfide) groups is 1. The Morgan fingerprint density at radius 3 is 2.74 bits per heavy atom. The number of nitrogens with two attached hydrogens (primary N) is 1. The smallest absolute Gasteiger partial charge is 0.327 e. The Bertz CT molecular complexity index is 1040. The van der Waals surface area contributed by atoms with Crippen LogP contribution in [0.1, 0.15) is 32.8 Å². The number of ether oxygens (including phenoxy) is 4. The Labute approximate surface area is 200 Å². The summed E-state index contributed by atoms with van der Waals surface area (Å²) in [6.07, 6.45) is 3.81. The zero-order valence-electron chi connectivity index (χ0n) is 19.0. The average Bonchev–Trinajstić information content (AvgIpc) is 3.50. The molecule has 0 bridgehead atoms. The number of hydrogen-bond acceptors (Lipinski definition) is 12. The van der Waals surface area contributed by atoms with Gasteiger partial charge in [-0.2, -0.15) is 5.10 Å². The summed E-state index contributed by atoms with van der Waals surface area (Å²) < 4.78 is 22.6. The molecule has 2 unspecified atom stereocenters. The molecule has 5 atom stereocenters. The largest absolute Gasteiger partial charge is 0.459 e. The Balaban J connectivity index is 1.26. The number of carbonyl (C=O) groups is 2. The molecule has 0 spiro atoms. The SMILES string of the molecule is CC(C)(C)OC(=O)CN1N=C(C(N)=O)C2N=C(c3cnc(O[C@@H]4CO[C@@H]5CCO[C@@H]54)nc3)SC21. The highest BCUT2D eigenvalue weighted by Gasteiger charge is 2.46. The topological polar surface area (TPSA) is 151 Å². The first kappa shape index (κ1) is 23.0. The second-order valence-electron chi connectivity index (χ2n) is 9.33. The van der Waals surface area contributed by atoms with Gasteiger partial charge in [0, 0.05) is 24.6 Å². The lowest BCUT2D eigenvalue weighted by molar-refractivity contribution is -0.156. The van der Waals surface area contributed by atoms with Crippen molar-refractivity contribution in [2.75, 3.05) is 19.8 Å². The Kier molecular flexibility index (Phi) is 5.94. The maximum Gasteiger partial charge on any atom is 0.327 e. The molecule has 1 aromatic heterocycles. The summed E-state index contributed by atoms with van der Waals surface area (Å²) in [4.78, 5) is 37.5. The second-order valence-corrected chi connectivity index (χ2v) is 10.4. The van der Waals surface area contributed by atoms with Gasteiger partial charge in [-0.15, -0.1) is 0 Å². The van der Waals surface area contributed by atoms with E-state index in [1.807, 2.05) is 0 Å². The normalized spacial score (nSPS) is 30.0. The number of rotatable bonds is 6. The van der Waals surface area contributed by atoms with E-state index >= 15 is 0 Å². The highest BCUT2D eigenvalue weighted by molar-refractivity contribution is 8.15. The zero-order chi connectivity index (χ0) is 24.0. The minimum atomic E-state index is -0.682. The summed E-state index contributed by atoms with van der Waals surface area (Å²) >= 11 is 1.36. The van der Waals surface area contributed by atoms with Gasteiger partial charge >= 0.3 is 12.0 Å². The van der Waals surface area contributed by atoms with E-state index in [-0.39, 0.29) is 36.6 Å². The van der Waals surface area contributed by atoms with Crippen LogP contribution in [0.5, 0.6) is 6.01 Å². The summed E-state index contributed by atoms with van der Waals surface area (Å²) in [5.74, 6) is -1.14. The minimum Gasteiger partial charge on any atom is -0.459 e. The van der Waals surface area contributed by atoms with Crippen LogP contribution >= 0.6 is 11.8 Å². The van der Waals surface area contributed by atoms with Crippen molar-refractivity contribution in [3.8, 4) is 6.01 Å². The molecule has 2 fully saturated rings. The van der Waals surface area contributed by atoms with E-state index in [1.165, 1.54) is 16.8 Å². The molecule has 4 aliphatic rings. The van der Waals surface area contributed by atoms with Crippen LogP contribution in [0.15, 0.2) is 22.5 Å². The van der Waals surface area contributed by atoms with Crippen molar-refractivity contribution < 1.29 is 28.5 Å². The first-order valence-corrected chi connectivity index (χ1v) is 11.9. The van der Waals surface area contributed by atoms with Gasteiger partial charge in [0.25, 0.3) is 5.91 Å². The molecule has 4 aliphatic heterocycles. The van der Waals surface area contributed by atoms with Crippen molar-refractivity contribution in [1.29, 1.82) is 0 Å². The number of esters is 1. The number of aromatic nitrogens is 2. The first-order chi connectivity index (χ1) is 16.2. The molecule has 0 aromatic carbocycles. The summed E-state index contributed by atoms with van der Waals surface area (Å²) in [6.45, 7) is 6.33. The maximum absolute atomic E-state index is 12.3. The van der Waals surface area contributed by atoms with E-state index in [4.69, 9.17) is 24.7 Å². The maximum atomic E-state index is 12.3. The number of fused-ring (bicyclic) bond motifs is 2. The molecular formula is C21H26N6O6S. The molecule has 34 heavy (non-hydrogen) atoms. The quantitative estimate of drug-likeness (QED) is 0.544. The lowest BCUT2D eigenvalue weighted by Crippen LogP contribution is -2.38. The van der Waals surface area contributed by atoms with Crippen molar-refractivity contribution in [2.45, 2.75) is 62.5 Å². The second kappa shape index (κ2) is 8.78. The van der Waals surface area contributed by atoms with E-state index in [9.17, 15) is 9.59 Å². The minimum absolute atomic E-state index is 0.0673. The fraction of sp³-hybridized carbons (Fsp3) is 0.619. The molecule has 2 N–H and O–H groups in total. The highest BCUT2D eigenvalue weighted by Crippen LogP contribution is 2.37. The van der Waals surface area contributed by atoms with E-state index in [1.54, 1.807) is 33.2 Å². The number of amides is 1. The van der Waals surface area contributed by atoms with E-state index in [2.05, 4.69) is 20.1 Å². The molecule has 5 heterocycles. The third-order valence-electron chi connectivity index (χ3n) is 5.58. The lowest BCUT2D eigenvalue weighted by Gasteiger charge is -2.24. The van der Waals surface area contributed by atoms with Gasteiger partial charge in [0.1, 0.15) is 34.7 Å². The van der Waals surface area contributed by atoms with E-state index < -0.39 is 28.9 Å². The summed E-state index contributed by atoms with van der Waals surface area (Å²) in [7, 11) is 0. The number of primary amides is 1. The Morgan fingerprint density at radius 1 is 1.26 bits per heavy atom. The molecule has 0 saturated carbocycles. The molecule has 13 heteroatoms. The van der Waals surface area contributed by atoms with Gasteiger partial charge < -0.3 is 24.7 Å². The van der Waals surface area contributed by atoms with Crippen LogP contribution in [0.2, 0.25) is 0 Å². The van der Waals surface area contributed by atoms with Gasteiger partial charge in [-0.25, -0.2) is 9.97 Å². The lowest BCUT2D eigenvalue weighted by atomic mass is 10.1. The number of nitrogens with zero attached hydrogens (tertiary/aromatic N) is 5. The zero-order valence-corrected chi connectivity index (χ0v) is 19.9. The monoisotopic (exact) mass is 490 g/mol. The number of aliphatic imine (C=N–C) groups is 1. The van der Waals surface area contributed by atoms with Gasteiger partial charge in [-0.1, -0.05) is 11.8 Å². The standard InChI is InChI=1S/C21H26N6O6S/c1-21(2,3)33-13(28)8-27-19-15(14(26-27)17(22)29)25-18(34-19)10-6-23-20(24-7-10)32-12-9-31-11-4-5-30-16(11)12/h6-7,11-12,15-16,19H,4-5,8-9H2,1-3H3,(H2,22,29)/t11-,12-,15?,16+,19?/m1/s1. The third-order valence-corrected chi connectivity index (χ3v) is 6.89. The van der Waals surface area contributed by atoms with Crippen molar-refractivity contribution in [2.24, 2.45) is 15.8 Å². The molecule has 0 aliphatic carbocycles. The molecule has 1 amide bonds. The first-order valence-electron chi connectivity index (χ1n) is 11.0. The van der Waals surface area contributed by atoms with Gasteiger partial charge in [0.05, 0.1) is 12.7 Å². The highest BCUT2D eigenvalue weighted by atomic mass is 32.2. The van der Waals surface area contributed by atoms with Crippen LogP contribution in [-0.4, -0.2) is 92.7 Å². The van der Waals surface area contributed by atoms with Gasteiger partial charge in [0.15, 0.2) is 11.8 Å². The van der Waals surface area contributed by atoms with Gasteiger partial charge in [-0.3, -0.25) is 19.6 Å². The molecule has 5 rings (SSSR count). The fourth-order valence-corrected chi connectivity index (χ4v) is 5.40. The molecule has 12 nitrogen and oxygen atoms in total. The van der Waals surface area contributed by atoms with Crippen LogP contribution in [0.3, 0.4) is 0 Å². The summed E-state index contributed by atoms with van der Waals surface area (Å²) in [5, 5.41) is 5.96. The molecular weight excluding hydrogens is 464 g/mol. The van der Waals surface area contributed by atoms with Crippen LogP contribution in [0.4, 0.5) is 0 Å². The predicted octanol–water partition coefficient (Wildman–Crippen LogP) is 0.0984. The molecule has 182 valence electrons. The van der Waals surface area contributed by atoms with E-state index in [0.717, 1.165) is 6.42 Å². The summed E-state index contributed by atoms with van der Waals surface area (Å²) in [5.41, 5.74) is 5.64. The van der Waals surface area contributed by atoms with E-state index in [0.29, 0.717) is 23.8 Å². The summed E-state index contributed by atoms with van der Waals surface area (Å²) in [6, 6.07) is -0.369. The Morgan fingerprint density at radius 2 is 2.03 bits per heavy atom. The number of hydrazone groups is 1. The van der Waals surface area contributed by atoms with Crippen molar-refractivity contribution in [3.05, 3.63) is 18.0 Å². The average molecular weight is 491 g/mol. The predicted molar refractivity (Wildman–Crippen MR) is 121 cm³/mol. The van der Waals surface area contributed by atoms with Crippen LogP contribution in [0.25, 0.3) is 0 Å². The van der Waals surface area contributed by atoms with Crippen LogP contribution in [0, 0.1) is 0 Å². The van der Waals surface area contributed by atoms with Crippen molar-refractivity contribution >= 4 is 34.4 Å². The van der Waals surface area contributed by atoms with Crippen LogP contribution in [-0.2, 0) is 23.8 Å².